The minimum absolute atomic E-state index is 0.947. The van der Waals surface area contributed by atoms with E-state index in [1.165, 1.54) is 5.57 Å². The Morgan fingerprint density at radius 2 is 2.50 bits per heavy atom. The minimum Gasteiger partial charge on any atom is -0.376 e. The van der Waals surface area contributed by atoms with Crippen molar-refractivity contribution in [3.05, 3.63) is 22.3 Å². The predicted octanol–water partition coefficient (Wildman–Crippen LogP) is 1.77. The maximum atomic E-state index is 3.34. The summed E-state index contributed by atoms with van der Waals surface area (Å²) < 4.78 is 1.08. The predicted molar refractivity (Wildman–Crippen MR) is 38.8 cm³/mol. The van der Waals surface area contributed by atoms with Crippen molar-refractivity contribution in [1.29, 1.82) is 0 Å². The van der Waals surface area contributed by atoms with Gasteiger partial charge in [0.1, 0.15) is 0 Å². The lowest BCUT2D eigenvalue weighted by atomic mass is 10.2. The Balaban J connectivity index is 2.69. The largest absolute Gasteiger partial charge is 0.376 e. The van der Waals surface area contributed by atoms with E-state index in [2.05, 4.69) is 40.3 Å². The molecule has 1 aliphatic rings. The quantitative estimate of drug-likeness (QED) is 0.552. The monoisotopic (exact) mass is 173 g/mol. The minimum atomic E-state index is 0.947. The lowest BCUT2D eigenvalue weighted by Crippen LogP contribution is -2.12. The molecule has 1 rings (SSSR count). The number of hydrogen-bond acceptors (Lipinski definition) is 1. The summed E-state index contributed by atoms with van der Waals surface area (Å²) in [5, 5.41) is 3.11. The van der Waals surface area contributed by atoms with E-state index < -0.39 is 0 Å². The Bertz CT molecular complexity index is 147. The normalized spacial score (nSPS) is 18.8. The Hall–Kier alpha value is -0.240. The third-order valence-electron chi connectivity index (χ3n) is 1.05. The molecular formula is C6H8BrN. The van der Waals surface area contributed by atoms with Gasteiger partial charge in [-0.3, -0.25) is 0 Å². The highest BCUT2D eigenvalue weighted by Crippen LogP contribution is 2.08. The van der Waals surface area contributed by atoms with E-state index >= 15 is 0 Å². The molecule has 1 nitrogen and oxygen atoms in total. The molecule has 0 aliphatic carbocycles. The van der Waals surface area contributed by atoms with E-state index in [4.69, 9.17) is 0 Å². The fourth-order valence-corrected chi connectivity index (χ4v) is 1.14. The summed E-state index contributed by atoms with van der Waals surface area (Å²) in [5.74, 6) is 0. The number of halogens is 1. The molecule has 0 saturated heterocycles. The average molecular weight is 174 g/mol. The van der Waals surface area contributed by atoms with Gasteiger partial charge in [-0.15, -0.1) is 0 Å². The van der Waals surface area contributed by atoms with Crippen molar-refractivity contribution in [2.75, 3.05) is 6.54 Å². The third-order valence-corrected chi connectivity index (χ3v) is 1.56. The molecular weight excluding hydrogens is 166 g/mol. The highest BCUT2D eigenvalue weighted by atomic mass is 79.9. The van der Waals surface area contributed by atoms with Crippen LogP contribution < -0.4 is 5.32 Å². The molecule has 0 bridgehead atoms. The van der Waals surface area contributed by atoms with E-state index in [1.807, 2.05) is 0 Å². The van der Waals surface area contributed by atoms with Gasteiger partial charge in [-0.05, 0) is 28.9 Å². The second kappa shape index (κ2) is 2.35. The van der Waals surface area contributed by atoms with Crippen LogP contribution >= 0.6 is 15.9 Å². The van der Waals surface area contributed by atoms with Gasteiger partial charge in [-0.2, -0.15) is 0 Å². The topological polar surface area (TPSA) is 12.0 Å². The SMILES string of the molecule is CC1=CCNC(Br)=C1. The lowest BCUT2D eigenvalue weighted by molar-refractivity contribution is 0.945. The van der Waals surface area contributed by atoms with Crippen molar-refractivity contribution in [3.63, 3.8) is 0 Å². The van der Waals surface area contributed by atoms with Gasteiger partial charge in [0.2, 0.25) is 0 Å². The molecule has 0 saturated carbocycles. The summed E-state index contributed by atoms with van der Waals surface area (Å²) in [4.78, 5) is 0. The molecule has 1 heterocycles. The Morgan fingerprint density at radius 3 is 2.88 bits per heavy atom. The third kappa shape index (κ3) is 1.37. The van der Waals surface area contributed by atoms with Gasteiger partial charge in [0, 0.05) is 6.54 Å². The summed E-state index contributed by atoms with van der Waals surface area (Å²) in [6, 6.07) is 0. The van der Waals surface area contributed by atoms with Crippen molar-refractivity contribution in [2.24, 2.45) is 0 Å². The molecule has 0 unspecified atom stereocenters. The standard InChI is InChI=1S/C6H8BrN/c1-5-2-3-8-6(7)4-5/h2,4,8H,3H2,1H3. The van der Waals surface area contributed by atoms with Crippen LogP contribution in [0.15, 0.2) is 22.3 Å². The number of allylic oxidation sites excluding steroid dienone is 2. The zero-order chi connectivity index (χ0) is 5.98. The fourth-order valence-electron chi connectivity index (χ4n) is 0.619. The van der Waals surface area contributed by atoms with Crippen LogP contribution in [0, 0.1) is 0 Å². The molecule has 1 N–H and O–H groups in total. The molecule has 0 radical (unpaired) electrons. The lowest BCUT2D eigenvalue weighted by Gasteiger charge is -2.06. The maximum absolute atomic E-state index is 3.34. The zero-order valence-corrected chi connectivity index (χ0v) is 6.33. The van der Waals surface area contributed by atoms with Gasteiger partial charge in [-0.25, -0.2) is 0 Å². The molecule has 0 aromatic heterocycles. The summed E-state index contributed by atoms with van der Waals surface area (Å²) >= 11 is 3.34. The first kappa shape index (κ1) is 5.89. The van der Waals surface area contributed by atoms with Crippen molar-refractivity contribution in [1.82, 2.24) is 5.32 Å². The molecule has 0 spiro atoms. The van der Waals surface area contributed by atoms with Gasteiger partial charge in [0.05, 0.1) is 4.61 Å². The Morgan fingerprint density at radius 1 is 1.75 bits per heavy atom. The summed E-state index contributed by atoms with van der Waals surface area (Å²) in [5.41, 5.74) is 1.32. The Labute approximate surface area is 57.6 Å². The summed E-state index contributed by atoms with van der Waals surface area (Å²) in [6.45, 7) is 3.03. The van der Waals surface area contributed by atoms with Crippen molar-refractivity contribution < 1.29 is 0 Å². The first-order valence-corrected chi connectivity index (χ1v) is 3.36. The average Bonchev–Trinajstić information content (AvgIpc) is 1.64. The highest BCUT2D eigenvalue weighted by molar-refractivity contribution is 9.11. The van der Waals surface area contributed by atoms with Gasteiger partial charge in [0.25, 0.3) is 0 Å². The zero-order valence-electron chi connectivity index (χ0n) is 4.74. The van der Waals surface area contributed by atoms with Crippen LogP contribution in [0.1, 0.15) is 6.92 Å². The molecule has 8 heavy (non-hydrogen) atoms. The first-order valence-electron chi connectivity index (χ1n) is 2.57. The molecule has 1 aliphatic heterocycles. The molecule has 0 aromatic carbocycles. The van der Waals surface area contributed by atoms with Crippen LogP contribution in [0.3, 0.4) is 0 Å². The van der Waals surface area contributed by atoms with Crippen LogP contribution in [0.25, 0.3) is 0 Å². The highest BCUT2D eigenvalue weighted by Gasteiger charge is 1.94. The second-order valence-electron chi connectivity index (χ2n) is 1.82. The second-order valence-corrected chi connectivity index (χ2v) is 2.68. The van der Waals surface area contributed by atoms with Crippen LogP contribution in [-0.2, 0) is 0 Å². The molecule has 2 heteroatoms. The van der Waals surface area contributed by atoms with Crippen LogP contribution in [-0.4, -0.2) is 6.54 Å². The van der Waals surface area contributed by atoms with Crippen molar-refractivity contribution in [2.45, 2.75) is 6.92 Å². The van der Waals surface area contributed by atoms with E-state index in [0.29, 0.717) is 0 Å². The van der Waals surface area contributed by atoms with Crippen molar-refractivity contribution >= 4 is 15.9 Å². The van der Waals surface area contributed by atoms with Gasteiger partial charge >= 0.3 is 0 Å². The molecule has 0 aromatic rings. The fraction of sp³-hybridized carbons (Fsp3) is 0.333. The van der Waals surface area contributed by atoms with Crippen LogP contribution in [0.5, 0.6) is 0 Å². The van der Waals surface area contributed by atoms with E-state index in [9.17, 15) is 0 Å². The number of hydrogen-bond donors (Lipinski definition) is 1. The molecule has 44 valence electrons. The van der Waals surface area contributed by atoms with Gasteiger partial charge < -0.3 is 5.32 Å². The summed E-state index contributed by atoms with van der Waals surface area (Å²) in [7, 11) is 0. The van der Waals surface area contributed by atoms with Gasteiger partial charge in [0.15, 0.2) is 0 Å². The maximum Gasteiger partial charge on any atom is 0.0785 e. The van der Waals surface area contributed by atoms with E-state index in [-0.39, 0.29) is 0 Å². The van der Waals surface area contributed by atoms with Crippen molar-refractivity contribution in [3.8, 4) is 0 Å². The molecule has 0 atom stereocenters. The Kier molecular flexibility index (Phi) is 1.73. The first-order chi connectivity index (χ1) is 3.79. The smallest absolute Gasteiger partial charge is 0.0785 e. The number of dihydropyridines is 1. The molecule has 0 fully saturated rings. The van der Waals surface area contributed by atoms with E-state index in [0.717, 1.165) is 11.2 Å². The van der Waals surface area contributed by atoms with E-state index in [1.54, 1.807) is 0 Å². The number of rotatable bonds is 0. The number of nitrogens with one attached hydrogen (secondary N) is 1. The van der Waals surface area contributed by atoms with Crippen LogP contribution in [0.2, 0.25) is 0 Å². The van der Waals surface area contributed by atoms with Gasteiger partial charge in [-0.1, -0.05) is 11.6 Å². The summed E-state index contributed by atoms with van der Waals surface area (Å²) in [6.07, 6.45) is 4.20. The molecule has 0 amide bonds. The van der Waals surface area contributed by atoms with Crippen LogP contribution in [0.4, 0.5) is 0 Å².